The van der Waals surface area contributed by atoms with Crippen LogP contribution in [0.15, 0.2) is 0 Å². The highest BCUT2D eigenvalue weighted by Crippen LogP contribution is 2.11. The van der Waals surface area contributed by atoms with Crippen LogP contribution in [0.1, 0.15) is 168 Å². The molecule has 0 aromatic heterocycles. The number of carbonyl (C=O) groups is 11. The van der Waals surface area contributed by atoms with Crippen LogP contribution in [0.25, 0.3) is 0 Å². The van der Waals surface area contributed by atoms with Crippen LogP contribution >= 0.6 is 0 Å². The Balaban J connectivity index is -0.0000000305. The van der Waals surface area contributed by atoms with Crippen molar-refractivity contribution in [1.29, 1.82) is 0 Å². The molecule has 0 rings (SSSR count). The molecule has 33 nitrogen and oxygen atoms in total. The first-order valence-corrected chi connectivity index (χ1v) is 26.2. The van der Waals surface area contributed by atoms with Gasteiger partial charge < -0.3 is 137 Å². The van der Waals surface area contributed by atoms with Crippen molar-refractivity contribution in [2.75, 3.05) is 39.8 Å². The molecule has 0 aliphatic heterocycles. The molecule has 84 heavy (non-hydrogen) atoms. The zero-order valence-corrected chi connectivity index (χ0v) is 56.0. The van der Waals surface area contributed by atoms with Crippen molar-refractivity contribution in [1.82, 2.24) is 64.3 Å². The molecule has 0 heterocycles. The molecule has 0 saturated heterocycles. The molecule has 0 fully saturated rings. The van der Waals surface area contributed by atoms with E-state index in [0.717, 1.165) is 63.6 Å². The lowest BCUT2D eigenvalue weighted by atomic mass is 10.0. The Kier molecular flexibility index (Phi) is 250. The van der Waals surface area contributed by atoms with E-state index in [1.54, 1.807) is 13.8 Å². The van der Waals surface area contributed by atoms with Crippen molar-refractivity contribution >= 4 is 81.6 Å². The van der Waals surface area contributed by atoms with Gasteiger partial charge in [0.1, 0.15) is 65.6 Å². The van der Waals surface area contributed by atoms with Crippen LogP contribution in [0.4, 0.5) is 0 Å². The quantitative estimate of drug-likeness (QED) is 0.0733. The van der Waals surface area contributed by atoms with Gasteiger partial charge in [0, 0.05) is 19.6 Å². The summed E-state index contributed by atoms with van der Waals surface area (Å²) in [5, 5.41) is 28.1. The summed E-state index contributed by atoms with van der Waals surface area (Å²) in [6.45, 7) is 45.2. The van der Waals surface area contributed by atoms with E-state index in [0.29, 0.717) is 12.3 Å². The van der Waals surface area contributed by atoms with Gasteiger partial charge in [0.15, 0.2) is 0 Å². The van der Waals surface area contributed by atoms with Gasteiger partial charge in [-0.2, -0.15) is 8.42 Å². The number of amides is 4. The molecule has 0 aromatic carbocycles. The summed E-state index contributed by atoms with van der Waals surface area (Å²) < 4.78 is 31.6. The highest BCUT2D eigenvalue weighted by Gasteiger charge is 2.31. The number of aliphatic hydroxyl groups excluding tert-OH is 2. The average Bonchev–Trinajstić information content (AvgIpc) is 3.43. The maximum absolute atomic E-state index is 12.7. The van der Waals surface area contributed by atoms with E-state index in [1.165, 1.54) is 26.8 Å². The molecule has 0 radical (unpaired) electrons. The van der Waals surface area contributed by atoms with Gasteiger partial charge >= 0.3 is 10.4 Å². The third kappa shape index (κ3) is 210. The Morgan fingerprint density at radius 2 is 0.679 bits per heavy atom. The predicted octanol–water partition coefficient (Wildman–Crippen LogP) is 3.23. The molecule has 526 valence electrons. The third-order valence-corrected chi connectivity index (χ3v) is 7.80. The molecule has 0 spiro atoms. The van der Waals surface area contributed by atoms with E-state index in [4.69, 9.17) is 84.9 Å². The molecule has 0 aromatic rings. The second-order valence-corrected chi connectivity index (χ2v) is 16.5. The van der Waals surface area contributed by atoms with Gasteiger partial charge in [-0.05, 0) is 110 Å². The zero-order valence-electron chi connectivity index (χ0n) is 55.2. The molecule has 0 aliphatic carbocycles. The number of aliphatic hydroxyl groups is 2. The molecular formula is C50H138N16O17S. The number of nitrogens with one attached hydrogen (secondary N) is 4. The molecule has 0 aliphatic rings. The zero-order chi connectivity index (χ0) is 65.6. The van der Waals surface area contributed by atoms with E-state index in [1.807, 2.05) is 47.5 Å². The standard InChI is InChI=1S/C21H42N6O5.2C5H12.3C3H9N.C3H8O.7CH2O.7H3N.H2O4S/c1-5-13(2)7-6-8-17(29)25-16(10-12-23)20(31)27-18(14(3)28)21(32)26-15(9-11-22)19(30)24-4;2*1-4-5(2)3;3*1-2-3-4;1-3(2)4;7*1-2;;;;;;;;1-5(2,3)4/h13-16,18,28H,5-12,22-23H2,1-4H3,(H,24,30)(H,25,29)(H,26,32)(H,27,31);2*5H,4H2,1-3H3;3*2-4H2,1H3;3-4H,1-2H3;7*1H2;7*1H3;(H2,1,2,3,4). The summed E-state index contributed by atoms with van der Waals surface area (Å²) in [6.07, 6.45) is 7.79. The average molecular weight is 1270 g/mol. The number of rotatable bonds is 21. The molecule has 0 saturated carbocycles. The van der Waals surface area contributed by atoms with E-state index in [2.05, 4.69) is 97.4 Å². The Labute approximate surface area is 509 Å². The molecule has 5 atom stereocenters. The Hall–Kier alpha value is -5.12. The first-order chi connectivity index (χ1) is 36.1. The number of hydrogen-bond acceptors (Lipinski definition) is 27. The molecule has 5 unspecified atom stereocenters. The largest absolute Gasteiger partial charge is 0.394 e. The fourth-order valence-electron chi connectivity index (χ4n) is 3.05. The summed E-state index contributed by atoms with van der Waals surface area (Å²) in [4.78, 5) is 106. The summed E-state index contributed by atoms with van der Waals surface area (Å²) in [7, 11) is -3.24. The first-order valence-electron chi connectivity index (χ1n) is 24.8. The summed E-state index contributed by atoms with van der Waals surface area (Å²) >= 11 is 0. The third-order valence-electron chi connectivity index (χ3n) is 7.80. The second-order valence-electron chi connectivity index (χ2n) is 15.6. The maximum atomic E-state index is 12.7. The van der Waals surface area contributed by atoms with Gasteiger partial charge in [-0.3, -0.25) is 28.3 Å². The number of hydrogen-bond donors (Lipinski definition) is 20. The lowest BCUT2D eigenvalue weighted by Gasteiger charge is -2.26. The van der Waals surface area contributed by atoms with Crippen molar-refractivity contribution in [2.45, 2.75) is 198 Å². The minimum atomic E-state index is -4.67. The molecule has 39 N–H and O–H groups in total. The van der Waals surface area contributed by atoms with Gasteiger partial charge in [0.05, 0.1) is 6.10 Å². The SMILES string of the molecule is C=O.C=O.C=O.C=O.C=O.C=O.C=O.CC(C)O.CCC(C)C.CCC(C)C.CCC(C)CCCC(=O)NC(CCN)C(=O)NC(C(=O)NC(CCN)C(=O)NC)C(C)O.CCCN.CCCN.CCCN.N.N.N.N.N.N.N.O=S(=O)(O)O. The van der Waals surface area contributed by atoms with Crippen molar-refractivity contribution in [3.63, 3.8) is 0 Å². The van der Waals surface area contributed by atoms with Crippen molar-refractivity contribution < 1.29 is 80.5 Å². The topological polar surface area (TPSA) is 726 Å². The fraction of sp³-hybridized carbons (Fsp3) is 0.780. The fourth-order valence-corrected chi connectivity index (χ4v) is 3.05. The summed E-state index contributed by atoms with van der Waals surface area (Å²) in [5.74, 6) is 0.204. The van der Waals surface area contributed by atoms with E-state index < -0.39 is 52.4 Å². The lowest BCUT2D eigenvalue weighted by Crippen LogP contribution is -2.60. The van der Waals surface area contributed by atoms with Crippen LogP contribution in [-0.2, 0) is 63.1 Å². The molecule has 34 heteroatoms. The Morgan fingerprint density at radius 1 is 0.440 bits per heavy atom. The molecular weight excluding hydrogens is 1130 g/mol. The number of likely N-dealkylation sites (N-methyl/N-ethyl adjacent to an activating group) is 1. The van der Waals surface area contributed by atoms with Crippen molar-refractivity contribution in [2.24, 2.45) is 46.4 Å². The summed E-state index contributed by atoms with van der Waals surface area (Å²) in [6, 6.07) is -3.17. The predicted molar refractivity (Wildman–Crippen MR) is 347 cm³/mol. The van der Waals surface area contributed by atoms with Crippen LogP contribution in [0.2, 0.25) is 0 Å². The maximum Gasteiger partial charge on any atom is 0.394 e. The summed E-state index contributed by atoms with van der Waals surface area (Å²) in [5.41, 5.74) is 26.2. The van der Waals surface area contributed by atoms with Crippen molar-refractivity contribution in [3.8, 4) is 0 Å². The first kappa shape index (κ1) is 148. The van der Waals surface area contributed by atoms with Gasteiger partial charge in [-0.25, -0.2) is 0 Å². The van der Waals surface area contributed by atoms with Crippen LogP contribution in [0.5, 0.6) is 0 Å². The van der Waals surface area contributed by atoms with Crippen LogP contribution in [0, 0.1) is 17.8 Å². The monoisotopic (exact) mass is 1270 g/mol. The van der Waals surface area contributed by atoms with E-state index >= 15 is 0 Å². The smallest absolute Gasteiger partial charge is 0.394 e. The molecule has 4 amide bonds. The number of carbonyl (C=O) groups excluding carboxylic acids is 11. The van der Waals surface area contributed by atoms with E-state index in [-0.39, 0.29) is 87.4 Å². The Morgan fingerprint density at radius 3 is 0.857 bits per heavy atom. The molecule has 0 bridgehead atoms. The van der Waals surface area contributed by atoms with Crippen LogP contribution in [-0.4, -0.2) is 169 Å². The van der Waals surface area contributed by atoms with Crippen LogP contribution in [0.3, 0.4) is 0 Å². The Bertz CT molecular complexity index is 1190. The highest BCUT2D eigenvalue weighted by atomic mass is 32.3. The normalized spacial score (nSPS) is 9.61. The van der Waals surface area contributed by atoms with Crippen LogP contribution < -0.4 is 93.0 Å². The van der Waals surface area contributed by atoms with Crippen molar-refractivity contribution in [3.05, 3.63) is 0 Å². The second kappa shape index (κ2) is 142. The van der Waals surface area contributed by atoms with Gasteiger partial charge in [0.2, 0.25) is 23.6 Å². The minimum absolute atomic E-state index is 0. The van der Waals surface area contributed by atoms with Gasteiger partial charge in [0.25, 0.3) is 0 Å². The van der Waals surface area contributed by atoms with E-state index in [9.17, 15) is 24.3 Å². The highest BCUT2D eigenvalue weighted by molar-refractivity contribution is 7.79. The van der Waals surface area contributed by atoms with Gasteiger partial charge in [-0.15, -0.1) is 0 Å². The minimum Gasteiger partial charge on any atom is -0.394 e. The number of nitrogens with two attached hydrogens (primary N) is 5. The lowest BCUT2D eigenvalue weighted by molar-refractivity contribution is -0.135. The van der Waals surface area contributed by atoms with Gasteiger partial charge in [-0.1, -0.05) is 102 Å².